The fraction of sp³-hybridized carbons (Fsp3) is 0.519. The minimum Gasteiger partial charge on any atom is -0.510 e. The highest BCUT2D eigenvalue weighted by molar-refractivity contribution is 6.14. The maximum Gasteiger partial charge on any atom is 0.248 e. The van der Waals surface area contributed by atoms with Crippen LogP contribution in [0.5, 0.6) is 5.75 Å². The van der Waals surface area contributed by atoms with Gasteiger partial charge in [-0.15, -0.1) is 0 Å². The minimum absolute atomic E-state index is 0.0390. The van der Waals surface area contributed by atoms with Crippen LogP contribution in [0, 0.1) is 11.8 Å². The summed E-state index contributed by atoms with van der Waals surface area (Å²) in [6.07, 6.45) is -0.364. The van der Waals surface area contributed by atoms with Gasteiger partial charge < -0.3 is 31.5 Å². The molecule has 0 bridgehead atoms. The second kappa shape index (κ2) is 8.97. The van der Waals surface area contributed by atoms with Gasteiger partial charge in [-0.25, -0.2) is 0 Å². The Kier molecular flexibility index (Phi) is 6.51. The monoisotopic (exact) mass is 513 g/mol. The first-order valence-corrected chi connectivity index (χ1v) is 12.3. The van der Waals surface area contributed by atoms with Crippen LogP contribution in [0.15, 0.2) is 34.8 Å². The lowest BCUT2D eigenvalue weighted by Crippen LogP contribution is -2.58. The molecule has 0 aliphatic heterocycles. The highest BCUT2D eigenvalue weighted by Crippen LogP contribution is 2.51. The zero-order chi connectivity index (χ0) is 27.6. The maximum atomic E-state index is 13.7. The Morgan fingerprint density at radius 1 is 1.19 bits per heavy atom. The summed E-state index contributed by atoms with van der Waals surface area (Å²) in [7, 11) is 3.23. The average Bonchev–Trinajstić information content (AvgIpc) is 2.86. The van der Waals surface area contributed by atoms with Crippen molar-refractivity contribution in [2.75, 3.05) is 14.1 Å². The van der Waals surface area contributed by atoms with E-state index in [1.165, 1.54) is 6.07 Å². The number of hydrogen-bond acceptors (Lipinski definition) is 9. The van der Waals surface area contributed by atoms with Gasteiger partial charge in [-0.2, -0.15) is 0 Å². The van der Waals surface area contributed by atoms with E-state index < -0.39 is 58.9 Å². The molecule has 1 amide bonds. The number of amides is 1. The zero-order valence-electron chi connectivity index (χ0n) is 21.8. The molecule has 3 aliphatic carbocycles. The number of aromatic hydroxyl groups is 1. The largest absolute Gasteiger partial charge is 0.510 e. The SMILES string of the molecule is CN(C)[C@@H]1C(O)=C(C(N)=O)CC(=O)[C@@]2(O)C(O)=C3C(=O)c4c(O)ccc(CNC(C)(C)C)c4C[C@H]3C[C@@H]12. The van der Waals surface area contributed by atoms with Crippen LogP contribution >= 0.6 is 0 Å². The van der Waals surface area contributed by atoms with Gasteiger partial charge in [-0.05, 0) is 70.8 Å². The summed E-state index contributed by atoms with van der Waals surface area (Å²) in [5, 5.41) is 48.2. The quantitative estimate of drug-likeness (QED) is 0.348. The topological polar surface area (TPSA) is 173 Å². The summed E-state index contributed by atoms with van der Waals surface area (Å²) in [6, 6.07) is 2.15. The van der Waals surface area contributed by atoms with Gasteiger partial charge in [-0.1, -0.05) is 6.07 Å². The molecular formula is C27H35N3O7. The van der Waals surface area contributed by atoms with Gasteiger partial charge in [0.2, 0.25) is 5.91 Å². The molecular weight excluding hydrogens is 478 g/mol. The molecule has 200 valence electrons. The van der Waals surface area contributed by atoms with E-state index in [0.29, 0.717) is 12.1 Å². The fourth-order valence-corrected chi connectivity index (χ4v) is 5.99. The molecule has 37 heavy (non-hydrogen) atoms. The van der Waals surface area contributed by atoms with Gasteiger partial charge in [0.1, 0.15) is 17.3 Å². The maximum absolute atomic E-state index is 13.7. The van der Waals surface area contributed by atoms with Crippen molar-refractivity contribution in [3.8, 4) is 5.75 Å². The highest BCUT2D eigenvalue weighted by Gasteiger charge is 2.60. The number of rotatable bonds is 4. The van der Waals surface area contributed by atoms with Gasteiger partial charge in [0.15, 0.2) is 17.2 Å². The van der Waals surface area contributed by atoms with E-state index >= 15 is 0 Å². The molecule has 0 unspecified atom stereocenters. The number of nitrogens with two attached hydrogens (primary N) is 1. The van der Waals surface area contributed by atoms with Gasteiger partial charge in [0.05, 0.1) is 17.2 Å². The number of nitrogens with one attached hydrogen (secondary N) is 1. The van der Waals surface area contributed by atoms with Crippen LogP contribution in [0.3, 0.4) is 0 Å². The van der Waals surface area contributed by atoms with Crippen LogP contribution in [0.1, 0.15) is 55.1 Å². The van der Waals surface area contributed by atoms with Crippen molar-refractivity contribution >= 4 is 17.5 Å². The molecule has 10 heteroatoms. The van der Waals surface area contributed by atoms with Crippen LogP contribution < -0.4 is 11.1 Å². The molecule has 1 aromatic rings. The van der Waals surface area contributed by atoms with Crippen molar-refractivity contribution in [1.29, 1.82) is 0 Å². The molecule has 0 radical (unpaired) electrons. The number of nitrogens with zero attached hydrogens (tertiary/aromatic N) is 1. The Balaban J connectivity index is 1.89. The molecule has 7 N–H and O–H groups in total. The number of fused-ring (bicyclic) bond motifs is 3. The van der Waals surface area contributed by atoms with Crippen molar-refractivity contribution in [3.05, 3.63) is 51.5 Å². The standard InChI is InChI=1S/C27H35N3O7/c1-26(2,3)29-11-12-6-7-17(31)20-14(12)8-13-9-16-21(30(4)5)22(33)15(25(28)36)10-18(32)27(16,37)24(35)19(13)23(20)34/h6-7,13,16,21,29,31,33,35,37H,8-11H2,1-5H3,(H2,28,36)/t13-,16-,21-,27+/m0/s1. The van der Waals surface area contributed by atoms with Crippen molar-refractivity contribution in [3.63, 3.8) is 0 Å². The number of hydrogen-bond donors (Lipinski definition) is 6. The molecule has 0 aromatic heterocycles. The van der Waals surface area contributed by atoms with Crippen molar-refractivity contribution < 1.29 is 34.8 Å². The molecule has 4 atom stereocenters. The average molecular weight is 514 g/mol. The number of carbonyl (C=O) groups excluding carboxylic acids is 3. The van der Waals surface area contributed by atoms with E-state index in [2.05, 4.69) is 5.32 Å². The number of aliphatic hydroxyl groups excluding tert-OH is 2. The van der Waals surface area contributed by atoms with Gasteiger partial charge in [0, 0.05) is 30.0 Å². The van der Waals surface area contributed by atoms with Gasteiger partial charge in [-0.3, -0.25) is 19.3 Å². The molecule has 0 spiro atoms. The van der Waals surface area contributed by atoms with Gasteiger partial charge >= 0.3 is 0 Å². The van der Waals surface area contributed by atoms with Crippen LogP contribution in [-0.4, -0.2) is 74.1 Å². The Morgan fingerprint density at radius 2 is 1.84 bits per heavy atom. The first-order chi connectivity index (χ1) is 17.1. The molecule has 10 nitrogen and oxygen atoms in total. The predicted octanol–water partition coefficient (Wildman–Crippen LogP) is 1.40. The molecule has 4 rings (SSSR count). The first kappa shape index (κ1) is 26.8. The summed E-state index contributed by atoms with van der Waals surface area (Å²) >= 11 is 0. The van der Waals surface area contributed by atoms with Crippen LogP contribution in [0.2, 0.25) is 0 Å². The Bertz CT molecular complexity index is 1260. The Labute approximate surface area is 215 Å². The van der Waals surface area contributed by atoms with E-state index in [1.54, 1.807) is 25.1 Å². The van der Waals surface area contributed by atoms with E-state index in [4.69, 9.17) is 5.73 Å². The lowest BCUT2D eigenvalue weighted by atomic mass is 9.61. The number of benzene rings is 1. The molecule has 1 aromatic carbocycles. The number of Topliss-reactive ketones (excluding diaryl/α,β-unsaturated/α-hetero) is 2. The highest BCUT2D eigenvalue weighted by atomic mass is 16.3. The fourth-order valence-electron chi connectivity index (χ4n) is 5.99. The summed E-state index contributed by atoms with van der Waals surface area (Å²) < 4.78 is 0. The summed E-state index contributed by atoms with van der Waals surface area (Å²) in [5.74, 6) is -5.74. The number of likely N-dealkylation sites (N-methyl/N-ethyl adjacent to an activating group) is 1. The van der Waals surface area contributed by atoms with Crippen molar-refractivity contribution in [2.24, 2.45) is 17.6 Å². The van der Waals surface area contributed by atoms with Crippen LogP contribution in [0.4, 0.5) is 0 Å². The third-order valence-electron chi connectivity index (χ3n) is 7.81. The second-order valence-corrected chi connectivity index (χ2v) is 11.5. The third kappa shape index (κ3) is 4.22. The van der Waals surface area contributed by atoms with E-state index in [0.717, 1.165) is 5.56 Å². The summed E-state index contributed by atoms with van der Waals surface area (Å²) in [4.78, 5) is 40.7. The second-order valence-electron chi connectivity index (χ2n) is 11.5. The summed E-state index contributed by atoms with van der Waals surface area (Å²) in [5.41, 5.74) is 3.73. The zero-order valence-corrected chi connectivity index (χ0v) is 21.8. The van der Waals surface area contributed by atoms with Gasteiger partial charge in [0.25, 0.3) is 0 Å². The predicted molar refractivity (Wildman–Crippen MR) is 135 cm³/mol. The number of phenols is 1. The third-order valence-corrected chi connectivity index (χ3v) is 7.81. The number of allylic oxidation sites excluding steroid dienone is 1. The number of aliphatic hydroxyl groups is 3. The normalized spacial score (nSPS) is 28.1. The Morgan fingerprint density at radius 3 is 2.41 bits per heavy atom. The van der Waals surface area contributed by atoms with Crippen LogP contribution in [-0.2, 0) is 22.6 Å². The smallest absolute Gasteiger partial charge is 0.248 e. The number of carbonyl (C=O) groups is 3. The molecule has 0 heterocycles. The van der Waals surface area contributed by atoms with Crippen molar-refractivity contribution in [1.82, 2.24) is 10.2 Å². The number of phenolic OH excluding ortho intramolecular Hbond substituents is 1. The van der Waals surface area contributed by atoms with E-state index in [-0.39, 0.29) is 40.8 Å². The van der Waals surface area contributed by atoms with Crippen molar-refractivity contribution in [2.45, 2.75) is 63.8 Å². The lowest BCUT2D eigenvalue weighted by Gasteiger charge is -2.47. The first-order valence-electron chi connectivity index (χ1n) is 12.3. The minimum atomic E-state index is -2.53. The lowest BCUT2D eigenvalue weighted by molar-refractivity contribution is -0.146. The van der Waals surface area contributed by atoms with E-state index in [1.807, 2.05) is 20.8 Å². The molecule has 3 aliphatic rings. The Hall–Kier alpha value is -3.21. The molecule has 0 saturated heterocycles. The molecule has 0 saturated carbocycles. The summed E-state index contributed by atoms with van der Waals surface area (Å²) in [6.45, 7) is 6.47. The molecule has 0 fully saturated rings. The van der Waals surface area contributed by atoms with E-state index in [9.17, 15) is 34.8 Å². The van der Waals surface area contributed by atoms with Crippen LogP contribution in [0.25, 0.3) is 0 Å². The number of primary amides is 1. The number of ketones is 2.